The van der Waals surface area contributed by atoms with Gasteiger partial charge in [0.15, 0.2) is 0 Å². The zero-order valence-electron chi connectivity index (χ0n) is 17.3. The summed E-state index contributed by atoms with van der Waals surface area (Å²) in [6.07, 6.45) is 1.67. The van der Waals surface area contributed by atoms with Crippen LogP contribution in [0.2, 0.25) is 0 Å². The Hall–Kier alpha value is -2.74. The van der Waals surface area contributed by atoms with Crippen LogP contribution in [-0.2, 0) is 23.9 Å². The fourth-order valence-corrected chi connectivity index (χ4v) is 4.74. The number of nitrogens with zero attached hydrogens (tertiary/aromatic N) is 1. The average molecular weight is 466 g/mol. The van der Waals surface area contributed by atoms with Gasteiger partial charge in [-0.25, -0.2) is 9.18 Å². The summed E-state index contributed by atoms with van der Waals surface area (Å²) < 4.78 is 52.0. The van der Waals surface area contributed by atoms with Crippen LogP contribution in [0.3, 0.4) is 0 Å². The molecule has 0 bridgehead atoms. The second-order valence-corrected chi connectivity index (χ2v) is 9.13. The molecule has 8 heteroatoms. The zero-order valence-corrected chi connectivity index (χ0v) is 18.2. The number of alkyl halides is 3. The molecule has 2 aromatic rings. The molecule has 0 fully saturated rings. The van der Waals surface area contributed by atoms with Crippen molar-refractivity contribution >= 4 is 17.7 Å². The molecule has 0 radical (unpaired) electrons. The summed E-state index contributed by atoms with van der Waals surface area (Å²) in [5, 5.41) is 9.17. The van der Waals surface area contributed by atoms with Gasteiger partial charge in [0.05, 0.1) is 11.1 Å². The first kappa shape index (κ1) is 23.9. The summed E-state index contributed by atoms with van der Waals surface area (Å²) in [7, 11) is 0. The van der Waals surface area contributed by atoms with E-state index in [0.29, 0.717) is 24.9 Å². The SMILES string of the molecule is CC(CCc1cccc(C(F)(F)F)c1)SC1C(C(=O)O)=CC=CN1Cc1ccc(F)cc1. The van der Waals surface area contributed by atoms with Gasteiger partial charge in [-0.15, -0.1) is 11.8 Å². The molecule has 32 heavy (non-hydrogen) atoms. The highest BCUT2D eigenvalue weighted by atomic mass is 32.2. The average Bonchev–Trinajstić information content (AvgIpc) is 2.74. The molecule has 1 aliphatic rings. The summed E-state index contributed by atoms with van der Waals surface area (Å²) >= 11 is 1.45. The van der Waals surface area contributed by atoms with E-state index in [0.717, 1.165) is 17.7 Å². The molecule has 3 rings (SSSR count). The minimum Gasteiger partial charge on any atom is -0.478 e. The number of benzene rings is 2. The van der Waals surface area contributed by atoms with Crippen molar-refractivity contribution in [3.05, 3.63) is 95.0 Å². The Balaban J connectivity index is 1.68. The molecule has 1 heterocycles. The van der Waals surface area contributed by atoms with Gasteiger partial charge in [-0.3, -0.25) is 0 Å². The lowest BCUT2D eigenvalue weighted by Crippen LogP contribution is -2.35. The Morgan fingerprint density at radius 1 is 1.16 bits per heavy atom. The lowest BCUT2D eigenvalue weighted by atomic mass is 10.1. The number of aryl methyl sites for hydroxylation is 1. The van der Waals surface area contributed by atoms with Gasteiger partial charge in [-0.05, 0) is 54.3 Å². The van der Waals surface area contributed by atoms with Crippen LogP contribution in [-0.4, -0.2) is 26.6 Å². The standard InChI is InChI=1S/C24H23F4NO2S/c1-16(7-8-17-4-2-5-19(14-17)24(26,27)28)32-22-21(23(30)31)6-3-13-29(22)15-18-9-11-20(25)12-10-18/h2-6,9-14,16,22H,7-8,15H2,1H3,(H,30,31). The number of rotatable bonds is 8. The first-order valence-electron chi connectivity index (χ1n) is 10.1. The first-order chi connectivity index (χ1) is 15.1. The minimum atomic E-state index is -4.38. The number of hydrogen-bond acceptors (Lipinski definition) is 3. The molecule has 2 aromatic carbocycles. The van der Waals surface area contributed by atoms with E-state index in [1.807, 2.05) is 11.8 Å². The Morgan fingerprint density at radius 3 is 2.53 bits per heavy atom. The van der Waals surface area contributed by atoms with E-state index in [9.17, 15) is 27.5 Å². The zero-order chi connectivity index (χ0) is 23.3. The van der Waals surface area contributed by atoms with Crippen LogP contribution in [0.1, 0.15) is 30.0 Å². The molecule has 0 aliphatic carbocycles. The molecule has 0 saturated carbocycles. The minimum absolute atomic E-state index is 0.0143. The molecule has 0 saturated heterocycles. The maximum Gasteiger partial charge on any atom is 0.416 e. The number of aliphatic carboxylic acids is 1. The molecule has 2 atom stereocenters. The second kappa shape index (κ2) is 10.3. The van der Waals surface area contributed by atoms with Crippen LogP contribution in [0, 0.1) is 5.82 Å². The largest absolute Gasteiger partial charge is 0.478 e. The number of carboxylic acid groups (broad SMARTS) is 1. The summed E-state index contributed by atoms with van der Waals surface area (Å²) in [6, 6.07) is 11.3. The van der Waals surface area contributed by atoms with E-state index in [1.54, 1.807) is 36.6 Å². The van der Waals surface area contributed by atoms with Gasteiger partial charge in [0.2, 0.25) is 0 Å². The van der Waals surface area contributed by atoms with Crippen LogP contribution in [0.15, 0.2) is 72.5 Å². The smallest absolute Gasteiger partial charge is 0.416 e. The van der Waals surface area contributed by atoms with Crippen molar-refractivity contribution < 1.29 is 27.5 Å². The van der Waals surface area contributed by atoms with Gasteiger partial charge in [0.1, 0.15) is 11.2 Å². The monoisotopic (exact) mass is 465 g/mol. The van der Waals surface area contributed by atoms with E-state index in [2.05, 4.69) is 0 Å². The van der Waals surface area contributed by atoms with Crippen molar-refractivity contribution in [3.63, 3.8) is 0 Å². The Morgan fingerprint density at radius 2 is 1.88 bits per heavy atom. The molecular formula is C24H23F4NO2S. The van der Waals surface area contributed by atoms with E-state index < -0.39 is 23.1 Å². The van der Waals surface area contributed by atoms with Crippen molar-refractivity contribution in [1.82, 2.24) is 4.90 Å². The number of carboxylic acids is 1. The molecule has 3 nitrogen and oxygen atoms in total. The van der Waals surface area contributed by atoms with Crippen molar-refractivity contribution in [2.45, 2.75) is 43.1 Å². The molecule has 0 aromatic heterocycles. The lowest BCUT2D eigenvalue weighted by molar-refractivity contribution is -0.137. The van der Waals surface area contributed by atoms with E-state index in [-0.39, 0.29) is 16.6 Å². The molecule has 1 aliphatic heterocycles. The molecule has 1 N–H and O–H groups in total. The van der Waals surface area contributed by atoms with Gasteiger partial charge < -0.3 is 10.0 Å². The maximum atomic E-state index is 13.2. The molecule has 0 amide bonds. The third-order valence-corrected chi connectivity index (χ3v) is 6.58. The van der Waals surface area contributed by atoms with Crippen LogP contribution in [0.4, 0.5) is 17.6 Å². The van der Waals surface area contributed by atoms with Gasteiger partial charge in [0.25, 0.3) is 0 Å². The van der Waals surface area contributed by atoms with E-state index >= 15 is 0 Å². The fourth-order valence-electron chi connectivity index (χ4n) is 3.42. The van der Waals surface area contributed by atoms with Crippen molar-refractivity contribution in [2.24, 2.45) is 0 Å². The highest BCUT2D eigenvalue weighted by molar-refractivity contribution is 8.00. The summed E-state index contributed by atoms with van der Waals surface area (Å²) in [6.45, 7) is 2.34. The normalized spacial score (nSPS) is 17.2. The Kier molecular flexibility index (Phi) is 7.66. The molecule has 170 valence electrons. The Labute approximate surface area is 188 Å². The second-order valence-electron chi connectivity index (χ2n) is 7.60. The van der Waals surface area contributed by atoms with Crippen LogP contribution in [0.5, 0.6) is 0 Å². The first-order valence-corrected chi connectivity index (χ1v) is 11.0. The van der Waals surface area contributed by atoms with Crippen LogP contribution in [0.25, 0.3) is 0 Å². The Bertz CT molecular complexity index is 1000. The predicted molar refractivity (Wildman–Crippen MR) is 117 cm³/mol. The van der Waals surface area contributed by atoms with Crippen LogP contribution >= 0.6 is 11.8 Å². The highest BCUT2D eigenvalue weighted by Crippen LogP contribution is 2.34. The lowest BCUT2D eigenvalue weighted by Gasteiger charge is -2.34. The number of carbonyl (C=O) groups is 1. The summed E-state index contributed by atoms with van der Waals surface area (Å²) in [5.41, 5.74) is 0.984. The third-order valence-electron chi connectivity index (χ3n) is 5.10. The third kappa shape index (κ3) is 6.38. The fraction of sp³-hybridized carbons (Fsp3) is 0.292. The summed E-state index contributed by atoms with van der Waals surface area (Å²) in [4.78, 5) is 13.7. The highest BCUT2D eigenvalue weighted by Gasteiger charge is 2.31. The number of allylic oxidation sites excluding steroid dienone is 2. The van der Waals surface area contributed by atoms with Gasteiger partial charge in [-0.2, -0.15) is 13.2 Å². The van der Waals surface area contributed by atoms with Crippen molar-refractivity contribution in [1.29, 1.82) is 0 Å². The molecular weight excluding hydrogens is 442 g/mol. The molecule has 2 unspecified atom stereocenters. The number of halogens is 4. The van der Waals surface area contributed by atoms with E-state index in [1.165, 1.54) is 30.0 Å². The quantitative estimate of drug-likeness (QED) is 0.467. The summed E-state index contributed by atoms with van der Waals surface area (Å²) in [5.74, 6) is -1.37. The predicted octanol–water partition coefficient (Wildman–Crippen LogP) is 6.27. The van der Waals surface area contributed by atoms with Crippen LogP contribution < -0.4 is 0 Å². The maximum absolute atomic E-state index is 13.2. The van der Waals surface area contributed by atoms with Gasteiger partial charge >= 0.3 is 12.1 Å². The van der Waals surface area contributed by atoms with Gasteiger partial charge in [0, 0.05) is 18.0 Å². The molecule has 0 spiro atoms. The van der Waals surface area contributed by atoms with E-state index in [4.69, 9.17) is 0 Å². The van der Waals surface area contributed by atoms with Crippen molar-refractivity contribution in [2.75, 3.05) is 0 Å². The topological polar surface area (TPSA) is 40.5 Å². The number of thioether (sulfide) groups is 1. The van der Waals surface area contributed by atoms with Crippen molar-refractivity contribution in [3.8, 4) is 0 Å². The number of hydrogen-bond donors (Lipinski definition) is 1. The van der Waals surface area contributed by atoms with Gasteiger partial charge in [-0.1, -0.05) is 37.3 Å².